The summed E-state index contributed by atoms with van der Waals surface area (Å²) in [4.78, 5) is 23.0. The second-order valence-electron chi connectivity index (χ2n) is 11.1. The Kier molecular flexibility index (Phi) is 7.36. The van der Waals surface area contributed by atoms with E-state index in [0.717, 1.165) is 80.3 Å². The Bertz CT molecular complexity index is 1200. The van der Waals surface area contributed by atoms with Crippen LogP contribution in [-0.4, -0.2) is 66.6 Å². The third-order valence-electron chi connectivity index (χ3n) is 8.05. The first-order valence-electron chi connectivity index (χ1n) is 13.7. The van der Waals surface area contributed by atoms with Gasteiger partial charge in [-0.3, -0.25) is 9.69 Å². The minimum Gasteiger partial charge on any atom is -0.493 e. The van der Waals surface area contributed by atoms with E-state index in [2.05, 4.69) is 34.0 Å². The molecule has 0 aromatic heterocycles. The van der Waals surface area contributed by atoms with Crippen LogP contribution < -0.4 is 4.74 Å². The van der Waals surface area contributed by atoms with E-state index in [0.29, 0.717) is 13.2 Å². The first-order chi connectivity index (χ1) is 18.2. The van der Waals surface area contributed by atoms with Gasteiger partial charge in [-0.15, -0.1) is 0 Å². The number of hydrogen-bond donors (Lipinski definition) is 0. The number of esters is 1. The van der Waals surface area contributed by atoms with Gasteiger partial charge in [-0.05, 0) is 75.4 Å². The molecule has 0 atom stereocenters. The van der Waals surface area contributed by atoms with Crippen molar-refractivity contribution in [3.63, 3.8) is 0 Å². The van der Waals surface area contributed by atoms with Crippen molar-refractivity contribution in [2.75, 3.05) is 39.4 Å². The molecule has 0 amide bonds. The lowest BCUT2D eigenvalue weighted by molar-refractivity contribution is -0.156. The summed E-state index contributed by atoms with van der Waals surface area (Å²) in [5.74, 6) is 1.48. The van der Waals surface area contributed by atoms with E-state index in [9.17, 15) is 9.18 Å². The molecule has 2 aromatic carbocycles. The van der Waals surface area contributed by atoms with Crippen LogP contribution in [-0.2, 0) is 20.9 Å². The molecule has 0 N–H and O–H groups in total. The van der Waals surface area contributed by atoms with Gasteiger partial charge in [0.05, 0.1) is 25.0 Å². The summed E-state index contributed by atoms with van der Waals surface area (Å²) in [5, 5.41) is 4.46. The van der Waals surface area contributed by atoms with Crippen LogP contribution in [0.25, 0.3) is 11.1 Å². The normalized spacial score (nSPS) is 20.0. The number of hydrogen-bond acceptors (Lipinski definition) is 7. The molecule has 0 radical (unpaired) electrons. The van der Waals surface area contributed by atoms with Crippen molar-refractivity contribution >= 4 is 11.8 Å². The lowest BCUT2D eigenvalue weighted by Crippen LogP contribution is -2.61. The van der Waals surface area contributed by atoms with Crippen molar-refractivity contribution in [3.8, 4) is 16.9 Å². The van der Waals surface area contributed by atoms with Gasteiger partial charge in [0.25, 0.3) is 0 Å². The monoisotopic (exact) mass is 523 g/mol. The Morgan fingerprint density at radius 1 is 1.11 bits per heavy atom. The van der Waals surface area contributed by atoms with Gasteiger partial charge < -0.3 is 19.2 Å². The topological polar surface area (TPSA) is 63.6 Å². The summed E-state index contributed by atoms with van der Waals surface area (Å²) in [7, 11) is 0. The molecule has 3 aliphatic heterocycles. The molecule has 3 aliphatic rings. The summed E-state index contributed by atoms with van der Waals surface area (Å²) >= 11 is 0. The van der Waals surface area contributed by atoms with E-state index in [1.165, 1.54) is 17.7 Å². The van der Waals surface area contributed by atoms with Crippen LogP contribution in [0, 0.1) is 18.2 Å². The third kappa shape index (κ3) is 5.23. The Morgan fingerprint density at radius 3 is 2.47 bits per heavy atom. The number of piperidine rings is 1. The number of benzene rings is 2. The van der Waals surface area contributed by atoms with Crippen LogP contribution in [0.3, 0.4) is 0 Å². The fourth-order valence-electron chi connectivity index (χ4n) is 5.92. The maximum atomic E-state index is 13.5. The minimum absolute atomic E-state index is 0.0937. The molecular weight excluding hydrogens is 485 g/mol. The fourth-order valence-corrected chi connectivity index (χ4v) is 5.92. The largest absolute Gasteiger partial charge is 0.493 e. The molecule has 2 saturated heterocycles. The van der Waals surface area contributed by atoms with Gasteiger partial charge in [0.15, 0.2) is 5.60 Å². The number of carbonyl (C=O) groups excluding carboxylic acids is 1. The summed E-state index contributed by atoms with van der Waals surface area (Å²) in [6.45, 7) is 12.9. The van der Waals surface area contributed by atoms with Crippen LogP contribution >= 0.6 is 0 Å². The number of carbonyl (C=O) groups is 1. The lowest BCUT2D eigenvalue weighted by atomic mass is 9.80. The summed E-state index contributed by atoms with van der Waals surface area (Å²) in [6, 6.07) is 10.9. The van der Waals surface area contributed by atoms with Crippen molar-refractivity contribution < 1.29 is 23.5 Å². The molecule has 2 aromatic rings. The summed E-state index contributed by atoms with van der Waals surface area (Å²) in [5.41, 5.74) is 3.57. The molecule has 0 bridgehead atoms. The van der Waals surface area contributed by atoms with Crippen LogP contribution in [0.5, 0.6) is 5.75 Å². The van der Waals surface area contributed by atoms with Crippen LogP contribution in [0.4, 0.5) is 4.39 Å². The van der Waals surface area contributed by atoms with Gasteiger partial charge in [-0.1, -0.05) is 23.4 Å². The molecule has 5 rings (SSSR count). The second kappa shape index (κ2) is 10.6. The fraction of sp³-hybridized carbons (Fsp3) is 0.533. The van der Waals surface area contributed by atoms with Crippen LogP contribution in [0.2, 0.25) is 0 Å². The number of aryl methyl sites for hydroxylation is 1. The van der Waals surface area contributed by atoms with E-state index in [1.54, 1.807) is 12.1 Å². The van der Waals surface area contributed by atoms with E-state index < -0.39 is 5.41 Å². The SMILES string of the molecule is CCOC(=O)C1(C)CCN(C2=NOC3(C2)CN(Cc2cc(C)c(-c4ccc(F)cc4)c(OCC)c2)C3)CC1. The zero-order valence-corrected chi connectivity index (χ0v) is 22.9. The number of amidine groups is 1. The smallest absolute Gasteiger partial charge is 0.311 e. The highest BCUT2D eigenvalue weighted by atomic mass is 19.1. The van der Waals surface area contributed by atoms with Gasteiger partial charge in [-0.25, -0.2) is 4.39 Å². The number of ether oxygens (including phenoxy) is 2. The molecule has 2 fully saturated rings. The molecule has 3 heterocycles. The predicted octanol–water partition coefficient (Wildman–Crippen LogP) is 5.15. The quantitative estimate of drug-likeness (QED) is 0.468. The summed E-state index contributed by atoms with van der Waals surface area (Å²) in [6.07, 6.45) is 2.32. The highest BCUT2D eigenvalue weighted by Crippen LogP contribution is 2.40. The van der Waals surface area contributed by atoms with Gasteiger partial charge in [0.2, 0.25) is 0 Å². The van der Waals surface area contributed by atoms with Crippen molar-refractivity contribution in [1.82, 2.24) is 9.80 Å². The Labute approximate surface area is 224 Å². The van der Waals surface area contributed by atoms with Crippen molar-refractivity contribution in [3.05, 3.63) is 53.3 Å². The molecule has 1 spiro atoms. The average molecular weight is 524 g/mol. The van der Waals surface area contributed by atoms with Gasteiger partial charge in [0.1, 0.15) is 17.4 Å². The minimum atomic E-state index is -0.414. The van der Waals surface area contributed by atoms with Crippen molar-refractivity contribution in [1.29, 1.82) is 0 Å². The first kappa shape index (κ1) is 26.5. The Hall–Kier alpha value is -3.13. The van der Waals surface area contributed by atoms with E-state index in [1.807, 2.05) is 20.8 Å². The zero-order valence-electron chi connectivity index (χ0n) is 22.9. The second-order valence-corrected chi connectivity index (χ2v) is 11.1. The maximum Gasteiger partial charge on any atom is 0.311 e. The number of rotatable bonds is 7. The van der Waals surface area contributed by atoms with Gasteiger partial charge in [0, 0.05) is 38.3 Å². The van der Waals surface area contributed by atoms with Crippen molar-refractivity contribution in [2.45, 2.75) is 59.1 Å². The summed E-state index contributed by atoms with van der Waals surface area (Å²) < 4.78 is 24.8. The first-order valence-corrected chi connectivity index (χ1v) is 13.7. The third-order valence-corrected chi connectivity index (χ3v) is 8.05. The number of likely N-dealkylation sites (tertiary alicyclic amines) is 2. The highest BCUT2D eigenvalue weighted by molar-refractivity contribution is 5.85. The van der Waals surface area contributed by atoms with E-state index >= 15 is 0 Å². The van der Waals surface area contributed by atoms with Crippen LogP contribution in [0.1, 0.15) is 51.2 Å². The van der Waals surface area contributed by atoms with E-state index in [-0.39, 0.29) is 17.4 Å². The average Bonchev–Trinajstić information content (AvgIpc) is 3.31. The molecule has 0 saturated carbocycles. The van der Waals surface area contributed by atoms with Gasteiger partial charge >= 0.3 is 5.97 Å². The molecule has 0 aliphatic carbocycles. The van der Waals surface area contributed by atoms with Crippen LogP contribution in [0.15, 0.2) is 41.6 Å². The Morgan fingerprint density at radius 2 is 1.82 bits per heavy atom. The zero-order chi connectivity index (χ0) is 26.9. The number of nitrogens with zero attached hydrogens (tertiary/aromatic N) is 3. The number of halogens is 1. The van der Waals surface area contributed by atoms with Gasteiger partial charge in [-0.2, -0.15) is 0 Å². The van der Waals surface area contributed by atoms with Crippen molar-refractivity contribution in [2.24, 2.45) is 10.6 Å². The molecule has 38 heavy (non-hydrogen) atoms. The highest BCUT2D eigenvalue weighted by Gasteiger charge is 2.51. The molecule has 8 heteroatoms. The molecular formula is C30H38FN3O4. The van der Waals surface area contributed by atoms with E-state index in [4.69, 9.17) is 14.3 Å². The molecule has 7 nitrogen and oxygen atoms in total. The number of oxime groups is 1. The molecule has 204 valence electrons. The molecule has 0 unspecified atom stereocenters. The lowest BCUT2D eigenvalue weighted by Gasteiger charge is -2.46. The predicted molar refractivity (Wildman–Crippen MR) is 144 cm³/mol. The Balaban J connectivity index is 1.18. The standard InChI is InChI=1S/C30H38FN3O4/c1-5-36-25-16-22(15-21(3)27(25)23-7-9-24(31)10-8-23)18-33-19-30(20-33)17-26(32-38-30)34-13-11-29(4,12-14-34)28(35)37-6-2/h7-10,15-16H,5-6,11-14,17-20H2,1-4H3. The maximum absolute atomic E-state index is 13.5.